The lowest BCUT2D eigenvalue weighted by atomic mass is 9.89. The molecule has 3 N–H and O–H groups in total. The van der Waals surface area contributed by atoms with E-state index in [-0.39, 0.29) is 29.5 Å². The standard InChI is InChI=1S/C16H24N2O2/c1-10(11(2)17)15(19)18-13-9-16(3,4)20-14-8-6-5-7-12(13)14/h5-8,10-11,13H,9,17H2,1-4H3,(H,18,19). The summed E-state index contributed by atoms with van der Waals surface area (Å²) in [7, 11) is 0. The molecule has 0 fully saturated rings. The summed E-state index contributed by atoms with van der Waals surface area (Å²) >= 11 is 0. The van der Waals surface area contributed by atoms with Crippen molar-refractivity contribution in [1.82, 2.24) is 5.32 Å². The Morgan fingerprint density at radius 1 is 1.40 bits per heavy atom. The molecule has 1 heterocycles. The van der Waals surface area contributed by atoms with Crippen LogP contribution in [0.3, 0.4) is 0 Å². The van der Waals surface area contributed by atoms with Gasteiger partial charge in [0.2, 0.25) is 5.91 Å². The van der Waals surface area contributed by atoms with Crippen molar-refractivity contribution >= 4 is 5.91 Å². The van der Waals surface area contributed by atoms with E-state index in [1.807, 2.05) is 52.0 Å². The smallest absolute Gasteiger partial charge is 0.224 e. The number of para-hydroxylation sites is 1. The molecule has 0 aliphatic carbocycles. The topological polar surface area (TPSA) is 64.4 Å². The summed E-state index contributed by atoms with van der Waals surface area (Å²) in [6.07, 6.45) is 0.751. The van der Waals surface area contributed by atoms with E-state index < -0.39 is 0 Å². The second kappa shape index (κ2) is 5.44. The van der Waals surface area contributed by atoms with Crippen LogP contribution in [0, 0.1) is 5.92 Å². The monoisotopic (exact) mass is 276 g/mol. The highest BCUT2D eigenvalue weighted by Gasteiger charge is 2.35. The van der Waals surface area contributed by atoms with Crippen molar-refractivity contribution in [2.45, 2.75) is 51.8 Å². The summed E-state index contributed by atoms with van der Waals surface area (Å²) in [5.41, 5.74) is 6.56. The molecule has 0 saturated carbocycles. The Morgan fingerprint density at radius 3 is 2.70 bits per heavy atom. The third-order valence-corrected chi connectivity index (χ3v) is 3.90. The molecule has 0 saturated heterocycles. The fourth-order valence-corrected chi connectivity index (χ4v) is 2.47. The number of carbonyl (C=O) groups excluding carboxylic acids is 1. The predicted octanol–water partition coefficient (Wildman–Crippen LogP) is 2.39. The SMILES string of the molecule is CC(N)C(C)C(=O)NC1CC(C)(C)Oc2ccccc21. The normalized spacial score (nSPS) is 23.1. The van der Waals surface area contributed by atoms with Gasteiger partial charge < -0.3 is 15.8 Å². The number of hydrogen-bond donors (Lipinski definition) is 2. The number of fused-ring (bicyclic) bond motifs is 1. The van der Waals surface area contributed by atoms with E-state index in [1.165, 1.54) is 0 Å². The van der Waals surface area contributed by atoms with Gasteiger partial charge >= 0.3 is 0 Å². The van der Waals surface area contributed by atoms with Gasteiger partial charge in [0, 0.05) is 23.9 Å². The third kappa shape index (κ3) is 3.12. The number of hydrogen-bond acceptors (Lipinski definition) is 3. The van der Waals surface area contributed by atoms with Gasteiger partial charge in [0.15, 0.2) is 0 Å². The summed E-state index contributed by atoms with van der Waals surface area (Å²) in [5, 5.41) is 3.11. The van der Waals surface area contributed by atoms with Crippen LogP contribution in [0.5, 0.6) is 5.75 Å². The molecule has 20 heavy (non-hydrogen) atoms. The summed E-state index contributed by atoms with van der Waals surface area (Å²) in [6.45, 7) is 7.79. The quantitative estimate of drug-likeness (QED) is 0.891. The molecule has 1 aromatic carbocycles. The Hall–Kier alpha value is -1.55. The molecule has 110 valence electrons. The zero-order chi connectivity index (χ0) is 14.9. The fourth-order valence-electron chi connectivity index (χ4n) is 2.47. The lowest BCUT2D eigenvalue weighted by Crippen LogP contribution is -2.45. The van der Waals surface area contributed by atoms with Crippen LogP contribution >= 0.6 is 0 Å². The first-order valence-corrected chi connectivity index (χ1v) is 7.14. The van der Waals surface area contributed by atoms with Gasteiger partial charge in [0.1, 0.15) is 11.4 Å². The summed E-state index contributed by atoms with van der Waals surface area (Å²) in [5.74, 6) is 0.646. The fraction of sp³-hybridized carbons (Fsp3) is 0.562. The minimum atomic E-state index is -0.288. The molecule has 1 aromatic rings. The highest BCUT2D eigenvalue weighted by Crippen LogP contribution is 2.39. The minimum absolute atomic E-state index is 0.00231. The first kappa shape index (κ1) is 14.9. The van der Waals surface area contributed by atoms with Crippen LogP contribution in [0.4, 0.5) is 0 Å². The molecule has 4 heteroatoms. The second-order valence-corrected chi connectivity index (χ2v) is 6.31. The van der Waals surface area contributed by atoms with Crippen molar-refractivity contribution in [2.24, 2.45) is 11.7 Å². The van der Waals surface area contributed by atoms with Crippen LogP contribution in [-0.4, -0.2) is 17.6 Å². The van der Waals surface area contributed by atoms with Crippen LogP contribution in [0.1, 0.15) is 45.7 Å². The van der Waals surface area contributed by atoms with E-state index in [0.29, 0.717) is 0 Å². The van der Waals surface area contributed by atoms with E-state index in [9.17, 15) is 4.79 Å². The molecule has 1 amide bonds. The van der Waals surface area contributed by atoms with Gasteiger partial charge in [-0.05, 0) is 26.8 Å². The number of nitrogens with one attached hydrogen (secondary N) is 1. The Labute approximate surface area is 120 Å². The number of benzene rings is 1. The molecule has 3 atom stereocenters. The Bertz CT molecular complexity index is 497. The van der Waals surface area contributed by atoms with Gasteiger partial charge in [0.25, 0.3) is 0 Å². The average molecular weight is 276 g/mol. The van der Waals surface area contributed by atoms with Gasteiger partial charge in [-0.2, -0.15) is 0 Å². The molecule has 0 radical (unpaired) electrons. The van der Waals surface area contributed by atoms with Crippen LogP contribution in [0.15, 0.2) is 24.3 Å². The lowest BCUT2D eigenvalue weighted by molar-refractivity contribution is -0.126. The maximum atomic E-state index is 12.2. The van der Waals surface area contributed by atoms with Gasteiger partial charge in [-0.25, -0.2) is 0 Å². The lowest BCUT2D eigenvalue weighted by Gasteiger charge is -2.38. The molecule has 0 bridgehead atoms. The molecule has 0 aromatic heterocycles. The molecular formula is C16H24N2O2. The van der Waals surface area contributed by atoms with Crippen molar-refractivity contribution in [1.29, 1.82) is 0 Å². The third-order valence-electron chi connectivity index (χ3n) is 3.90. The van der Waals surface area contributed by atoms with Crippen LogP contribution in [0.2, 0.25) is 0 Å². The first-order chi connectivity index (χ1) is 9.30. The van der Waals surface area contributed by atoms with Crippen LogP contribution in [0.25, 0.3) is 0 Å². The number of nitrogens with two attached hydrogens (primary N) is 1. The number of rotatable bonds is 3. The van der Waals surface area contributed by atoms with Gasteiger partial charge in [-0.15, -0.1) is 0 Å². The van der Waals surface area contributed by atoms with Gasteiger partial charge in [0.05, 0.1) is 6.04 Å². The highest BCUT2D eigenvalue weighted by molar-refractivity contribution is 5.79. The molecule has 1 aliphatic rings. The number of amides is 1. The van der Waals surface area contributed by atoms with E-state index in [1.54, 1.807) is 0 Å². The summed E-state index contributed by atoms with van der Waals surface area (Å²) in [4.78, 5) is 12.2. The van der Waals surface area contributed by atoms with Crippen molar-refractivity contribution in [3.8, 4) is 5.75 Å². The second-order valence-electron chi connectivity index (χ2n) is 6.31. The Balaban J connectivity index is 2.21. The highest BCUT2D eigenvalue weighted by atomic mass is 16.5. The van der Waals surface area contributed by atoms with E-state index in [4.69, 9.17) is 10.5 Å². The molecule has 2 rings (SSSR count). The van der Waals surface area contributed by atoms with Crippen molar-refractivity contribution in [3.63, 3.8) is 0 Å². The molecule has 3 unspecified atom stereocenters. The molecule has 4 nitrogen and oxygen atoms in total. The Kier molecular flexibility index (Phi) is 4.04. The van der Waals surface area contributed by atoms with Gasteiger partial charge in [-0.3, -0.25) is 4.79 Å². The average Bonchev–Trinajstić information content (AvgIpc) is 2.36. The van der Waals surface area contributed by atoms with Crippen LogP contribution in [-0.2, 0) is 4.79 Å². The summed E-state index contributed by atoms with van der Waals surface area (Å²) in [6, 6.07) is 7.69. The van der Waals surface area contributed by atoms with E-state index in [0.717, 1.165) is 17.7 Å². The first-order valence-electron chi connectivity index (χ1n) is 7.14. The molecule has 1 aliphatic heterocycles. The number of carbonyl (C=O) groups is 1. The van der Waals surface area contributed by atoms with Crippen molar-refractivity contribution in [2.75, 3.05) is 0 Å². The molecular weight excluding hydrogens is 252 g/mol. The summed E-state index contributed by atoms with van der Waals surface area (Å²) < 4.78 is 5.96. The van der Waals surface area contributed by atoms with Gasteiger partial charge in [-0.1, -0.05) is 25.1 Å². The largest absolute Gasteiger partial charge is 0.487 e. The zero-order valence-corrected chi connectivity index (χ0v) is 12.6. The maximum absolute atomic E-state index is 12.2. The Morgan fingerprint density at radius 2 is 2.05 bits per heavy atom. The number of ether oxygens (including phenoxy) is 1. The van der Waals surface area contributed by atoms with Crippen molar-refractivity contribution in [3.05, 3.63) is 29.8 Å². The zero-order valence-electron chi connectivity index (χ0n) is 12.6. The maximum Gasteiger partial charge on any atom is 0.224 e. The minimum Gasteiger partial charge on any atom is -0.487 e. The van der Waals surface area contributed by atoms with E-state index in [2.05, 4.69) is 5.32 Å². The van der Waals surface area contributed by atoms with Crippen molar-refractivity contribution < 1.29 is 9.53 Å². The van der Waals surface area contributed by atoms with Crippen LogP contribution < -0.4 is 15.8 Å². The van der Waals surface area contributed by atoms with E-state index >= 15 is 0 Å². The predicted molar refractivity (Wildman–Crippen MR) is 79.5 cm³/mol. The molecule has 0 spiro atoms.